The average Bonchev–Trinajstić information content (AvgIpc) is 3.27. The third kappa shape index (κ3) is 5.18. The van der Waals surface area contributed by atoms with Crippen LogP contribution in [0.5, 0.6) is 5.75 Å². The van der Waals surface area contributed by atoms with Gasteiger partial charge in [0.2, 0.25) is 17.5 Å². The summed E-state index contributed by atoms with van der Waals surface area (Å²) in [5, 5.41) is 9.97. The van der Waals surface area contributed by atoms with Gasteiger partial charge in [0, 0.05) is 32.3 Å². The Morgan fingerprint density at radius 1 is 1.15 bits per heavy atom. The molecule has 33 heavy (non-hydrogen) atoms. The summed E-state index contributed by atoms with van der Waals surface area (Å²) in [7, 11) is 0. The van der Waals surface area contributed by atoms with E-state index in [0.717, 1.165) is 11.3 Å². The van der Waals surface area contributed by atoms with Crippen molar-refractivity contribution in [2.45, 2.75) is 6.92 Å². The Morgan fingerprint density at radius 3 is 2.55 bits per heavy atom. The van der Waals surface area contributed by atoms with Crippen LogP contribution in [0.3, 0.4) is 0 Å². The summed E-state index contributed by atoms with van der Waals surface area (Å²) in [4.78, 5) is 20.8. The molecule has 8 heteroatoms. The van der Waals surface area contributed by atoms with E-state index in [1.165, 1.54) is 0 Å². The van der Waals surface area contributed by atoms with Crippen molar-refractivity contribution in [2.24, 2.45) is 0 Å². The van der Waals surface area contributed by atoms with Gasteiger partial charge in [-0.15, -0.1) is 0 Å². The zero-order chi connectivity index (χ0) is 23.2. The van der Waals surface area contributed by atoms with E-state index in [0.29, 0.717) is 55.1 Å². The minimum atomic E-state index is -0.0997. The fourth-order valence-electron chi connectivity index (χ4n) is 3.61. The molecule has 0 spiro atoms. The van der Waals surface area contributed by atoms with E-state index in [1.807, 2.05) is 42.2 Å². The van der Waals surface area contributed by atoms with Crippen molar-refractivity contribution in [3.63, 3.8) is 0 Å². The number of carbonyl (C=O) groups is 1. The summed E-state index contributed by atoms with van der Waals surface area (Å²) in [6.07, 6.45) is 3.60. The molecule has 1 aliphatic rings. The van der Waals surface area contributed by atoms with Gasteiger partial charge < -0.3 is 19.0 Å². The smallest absolute Gasteiger partial charge is 0.255 e. The molecule has 0 radical (unpaired) electrons. The molecular weight excluding hydrogens is 440 g/mol. The second-order valence-corrected chi connectivity index (χ2v) is 7.82. The van der Waals surface area contributed by atoms with Crippen molar-refractivity contribution in [1.82, 2.24) is 9.88 Å². The highest BCUT2D eigenvalue weighted by Gasteiger charge is 2.27. The van der Waals surface area contributed by atoms with Gasteiger partial charge in [-0.2, -0.15) is 10.2 Å². The highest BCUT2D eigenvalue weighted by Crippen LogP contribution is 2.25. The van der Waals surface area contributed by atoms with Gasteiger partial charge >= 0.3 is 0 Å². The van der Waals surface area contributed by atoms with Crippen LogP contribution in [-0.2, 0) is 0 Å². The lowest BCUT2D eigenvalue weighted by molar-refractivity contribution is 0.0745. The van der Waals surface area contributed by atoms with Crippen molar-refractivity contribution >= 4 is 35.5 Å². The zero-order valence-electron chi connectivity index (χ0n) is 18.2. The Bertz CT molecular complexity index is 1190. The first-order valence-corrected chi connectivity index (χ1v) is 11.1. The zero-order valence-corrected chi connectivity index (χ0v) is 19.0. The van der Waals surface area contributed by atoms with Gasteiger partial charge in [0.25, 0.3) is 5.91 Å². The van der Waals surface area contributed by atoms with Gasteiger partial charge in [-0.05, 0) is 42.8 Å². The number of oxazole rings is 1. The van der Waals surface area contributed by atoms with Gasteiger partial charge in [-0.1, -0.05) is 35.9 Å². The molecule has 168 valence electrons. The first-order chi connectivity index (χ1) is 16.1. The van der Waals surface area contributed by atoms with Crippen molar-refractivity contribution in [1.29, 1.82) is 5.26 Å². The number of amides is 1. The molecule has 0 saturated carbocycles. The van der Waals surface area contributed by atoms with Gasteiger partial charge in [0.05, 0.1) is 17.2 Å². The molecule has 0 aliphatic carbocycles. The molecule has 1 aromatic heterocycles. The van der Waals surface area contributed by atoms with E-state index in [-0.39, 0.29) is 11.6 Å². The average molecular weight is 463 g/mol. The van der Waals surface area contributed by atoms with Crippen LogP contribution in [-0.4, -0.2) is 48.6 Å². The van der Waals surface area contributed by atoms with E-state index < -0.39 is 0 Å². The number of halogens is 1. The number of anilines is 1. The van der Waals surface area contributed by atoms with E-state index >= 15 is 0 Å². The first kappa shape index (κ1) is 22.4. The van der Waals surface area contributed by atoms with Crippen molar-refractivity contribution in [2.75, 3.05) is 37.7 Å². The van der Waals surface area contributed by atoms with E-state index in [2.05, 4.69) is 11.1 Å². The van der Waals surface area contributed by atoms with E-state index in [1.54, 1.807) is 35.2 Å². The largest absolute Gasteiger partial charge is 0.494 e. The van der Waals surface area contributed by atoms with E-state index in [4.69, 9.17) is 20.8 Å². The number of carbonyl (C=O) groups excluding carboxylic acids is 1. The highest BCUT2D eigenvalue weighted by molar-refractivity contribution is 6.33. The Kier molecular flexibility index (Phi) is 6.96. The van der Waals surface area contributed by atoms with Crippen LogP contribution in [0, 0.1) is 11.3 Å². The number of aromatic nitrogens is 1. The van der Waals surface area contributed by atoms with Crippen molar-refractivity contribution in [3.05, 3.63) is 76.3 Å². The molecule has 0 unspecified atom stereocenters. The number of ether oxygens (including phenoxy) is 1. The van der Waals surface area contributed by atoms with Gasteiger partial charge in [-0.3, -0.25) is 4.79 Å². The Balaban J connectivity index is 1.42. The Hall–Kier alpha value is -3.76. The van der Waals surface area contributed by atoms with Crippen LogP contribution < -0.4 is 9.64 Å². The number of rotatable bonds is 6. The highest BCUT2D eigenvalue weighted by atomic mass is 35.5. The SMILES string of the molecule is CCOc1ccc(C=Cc2nc(C#N)c(N3CCN(C(=O)c4ccccc4Cl)CC3)o2)cc1. The van der Waals surface area contributed by atoms with E-state index in [9.17, 15) is 10.1 Å². The predicted octanol–water partition coefficient (Wildman–Crippen LogP) is 4.73. The van der Waals surface area contributed by atoms with Crippen molar-refractivity contribution < 1.29 is 13.9 Å². The molecule has 0 N–H and O–H groups in total. The Labute approximate surface area is 197 Å². The second-order valence-electron chi connectivity index (χ2n) is 7.41. The third-order valence-electron chi connectivity index (χ3n) is 5.30. The molecule has 1 fully saturated rings. The molecule has 2 aromatic carbocycles. The fourth-order valence-corrected chi connectivity index (χ4v) is 3.83. The molecule has 4 rings (SSSR count). The van der Waals surface area contributed by atoms with Crippen molar-refractivity contribution in [3.8, 4) is 11.8 Å². The molecule has 2 heterocycles. The van der Waals surface area contributed by atoms with Gasteiger partial charge in [0.15, 0.2) is 0 Å². The molecule has 1 amide bonds. The standard InChI is InChI=1S/C25H23ClN4O3/c1-2-32-19-10-7-18(8-11-19)9-12-23-28-22(17-27)25(33-23)30-15-13-29(14-16-30)24(31)20-5-3-4-6-21(20)26/h3-12H,2,13-16H2,1H3. The predicted molar refractivity (Wildman–Crippen MR) is 127 cm³/mol. The summed E-state index contributed by atoms with van der Waals surface area (Å²) in [5.41, 5.74) is 1.68. The molecule has 7 nitrogen and oxygen atoms in total. The first-order valence-electron chi connectivity index (χ1n) is 10.7. The summed E-state index contributed by atoms with van der Waals surface area (Å²) in [6.45, 7) is 4.61. The molecule has 0 bridgehead atoms. The summed E-state index contributed by atoms with van der Waals surface area (Å²) in [6, 6.07) is 16.8. The molecule has 1 saturated heterocycles. The Morgan fingerprint density at radius 2 is 1.88 bits per heavy atom. The van der Waals surface area contributed by atoms with Crippen LogP contribution in [0.2, 0.25) is 5.02 Å². The maximum atomic E-state index is 12.8. The minimum absolute atomic E-state index is 0.0997. The molecule has 1 aliphatic heterocycles. The molecular formula is C25H23ClN4O3. The summed E-state index contributed by atoms with van der Waals surface area (Å²) < 4.78 is 11.3. The van der Waals surface area contributed by atoms with Crippen LogP contribution in [0.15, 0.2) is 52.9 Å². The number of hydrogen-bond acceptors (Lipinski definition) is 6. The lowest BCUT2D eigenvalue weighted by Crippen LogP contribution is -2.49. The monoisotopic (exact) mass is 462 g/mol. The minimum Gasteiger partial charge on any atom is -0.494 e. The van der Waals surface area contributed by atoms with Crippen LogP contribution in [0.4, 0.5) is 5.88 Å². The quantitative estimate of drug-likeness (QED) is 0.526. The number of piperazine rings is 1. The van der Waals surface area contributed by atoms with Crippen LogP contribution in [0.1, 0.15) is 34.4 Å². The maximum absolute atomic E-state index is 12.8. The third-order valence-corrected chi connectivity index (χ3v) is 5.63. The number of nitrogens with zero attached hydrogens (tertiary/aromatic N) is 4. The van der Waals surface area contributed by atoms with Gasteiger partial charge in [0.1, 0.15) is 11.8 Å². The summed E-state index contributed by atoms with van der Waals surface area (Å²) in [5.74, 6) is 1.49. The molecule has 0 atom stereocenters. The number of hydrogen-bond donors (Lipinski definition) is 0. The lowest BCUT2D eigenvalue weighted by Gasteiger charge is -2.34. The second kappa shape index (κ2) is 10.2. The molecule has 3 aromatic rings. The topological polar surface area (TPSA) is 82.6 Å². The number of nitriles is 1. The fraction of sp³-hybridized carbons (Fsp3) is 0.240. The summed E-state index contributed by atoms with van der Waals surface area (Å²) >= 11 is 6.17. The number of benzene rings is 2. The lowest BCUT2D eigenvalue weighted by atomic mass is 10.2. The van der Waals surface area contributed by atoms with Crippen LogP contribution >= 0.6 is 11.6 Å². The normalized spacial score (nSPS) is 13.8. The van der Waals surface area contributed by atoms with Crippen LogP contribution in [0.25, 0.3) is 12.2 Å². The maximum Gasteiger partial charge on any atom is 0.255 e. The van der Waals surface area contributed by atoms with Gasteiger partial charge in [-0.25, -0.2) is 0 Å².